The van der Waals surface area contributed by atoms with Crippen LogP contribution in [0.1, 0.15) is 24.8 Å². The fourth-order valence-electron chi connectivity index (χ4n) is 3.14. The molecule has 0 unspecified atom stereocenters. The highest BCUT2D eigenvalue weighted by Gasteiger charge is 2.25. The normalized spacial score (nSPS) is 16.7. The zero-order chi connectivity index (χ0) is 20.0. The van der Waals surface area contributed by atoms with Crippen LogP contribution in [0.15, 0.2) is 59.5 Å². The van der Waals surface area contributed by atoms with Gasteiger partial charge in [-0.25, -0.2) is 8.42 Å². The Hall–Kier alpha value is -2.38. The summed E-state index contributed by atoms with van der Waals surface area (Å²) in [6.45, 7) is 3.21. The summed E-state index contributed by atoms with van der Waals surface area (Å²) in [6.07, 6.45) is 2.09. The molecule has 1 fully saturated rings. The molecule has 2 aromatic rings. The van der Waals surface area contributed by atoms with Crippen LogP contribution in [0.2, 0.25) is 0 Å². The number of benzene rings is 2. The summed E-state index contributed by atoms with van der Waals surface area (Å²) in [4.78, 5) is 12.5. The quantitative estimate of drug-likeness (QED) is 0.737. The second-order valence-electron chi connectivity index (χ2n) is 6.91. The van der Waals surface area contributed by atoms with Gasteiger partial charge in [0.2, 0.25) is 5.91 Å². The molecule has 1 saturated heterocycles. The van der Waals surface area contributed by atoms with Crippen molar-refractivity contribution >= 4 is 21.6 Å². The molecule has 0 radical (unpaired) electrons. The highest BCUT2D eigenvalue weighted by molar-refractivity contribution is 7.92. The highest BCUT2D eigenvalue weighted by atomic mass is 32.2. The van der Waals surface area contributed by atoms with Gasteiger partial charge in [-0.3, -0.25) is 9.10 Å². The molecule has 1 N–H and O–H groups in total. The first-order valence-electron chi connectivity index (χ1n) is 9.49. The Balaban J connectivity index is 1.73. The van der Waals surface area contributed by atoms with Crippen LogP contribution in [0, 0.1) is 6.92 Å². The number of amides is 1. The summed E-state index contributed by atoms with van der Waals surface area (Å²) in [6, 6.07) is 15.5. The lowest BCUT2D eigenvalue weighted by atomic mass is 10.2. The molecule has 1 aliphatic rings. The van der Waals surface area contributed by atoms with Gasteiger partial charge in [0, 0.05) is 26.1 Å². The summed E-state index contributed by atoms with van der Waals surface area (Å²) in [5.74, 6) is -0.184. The number of aryl methyl sites for hydroxylation is 1. The summed E-state index contributed by atoms with van der Waals surface area (Å²) in [5.41, 5.74) is 1.58. The molecule has 0 saturated carbocycles. The molecule has 3 rings (SSSR count). The first-order valence-corrected chi connectivity index (χ1v) is 10.9. The maximum Gasteiger partial charge on any atom is 0.264 e. The molecule has 1 aliphatic heterocycles. The Labute approximate surface area is 166 Å². The average molecular weight is 403 g/mol. The van der Waals surface area contributed by atoms with Crippen molar-refractivity contribution in [3.63, 3.8) is 0 Å². The molecule has 0 spiro atoms. The van der Waals surface area contributed by atoms with E-state index < -0.39 is 10.0 Å². The SMILES string of the molecule is Cc1ccc(N(CCC(=O)NC[C@H]2CCCO2)S(=O)(=O)c2ccccc2)cc1. The summed E-state index contributed by atoms with van der Waals surface area (Å²) in [7, 11) is -3.76. The van der Waals surface area contributed by atoms with Crippen LogP contribution in [0.25, 0.3) is 0 Å². The van der Waals surface area contributed by atoms with Crippen LogP contribution in [0.3, 0.4) is 0 Å². The number of ether oxygens (including phenoxy) is 1. The summed E-state index contributed by atoms with van der Waals surface area (Å²) < 4.78 is 33.1. The van der Waals surface area contributed by atoms with E-state index in [4.69, 9.17) is 4.74 Å². The first-order chi connectivity index (χ1) is 13.5. The van der Waals surface area contributed by atoms with Gasteiger partial charge in [0.15, 0.2) is 0 Å². The third-order valence-corrected chi connectivity index (χ3v) is 6.59. The van der Waals surface area contributed by atoms with Crippen LogP contribution >= 0.6 is 0 Å². The molecule has 2 aromatic carbocycles. The lowest BCUT2D eigenvalue weighted by molar-refractivity contribution is -0.121. The predicted octanol–water partition coefficient (Wildman–Crippen LogP) is 2.88. The van der Waals surface area contributed by atoms with E-state index in [2.05, 4.69) is 5.32 Å². The molecule has 0 aromatic heterocycles. The van der Waals surface area contributed by atoms with E-state index in [9.17, 15) is 13.2 Å². The minimum Gasteiger partial charge on any atom is -0.376 e. The topological polar surface area (TPSA) is 75.7 Å². The third-order valence-electron chi connectivity index (χ3n) is 4.75. The van der Waals surface area contributed by atoms with E-state index in [0.29, 0.717) is 12.2 Å². The van der Waals surface area contributed by atoms with Gasteiger partial charge in [-0.1, -0.05) is 35.9 Å². The molecule has 28 heavy (non-hydrogen) atoms. The molecular formula is C21H26N2O4S. The van der Waals surface area contributed by atoms with Crippen molar-refractivity contribution in [3.8, 4) is 0 Å². The van der Waals surface area contributed by atoms with E-state index in [1.54, 1.807) is 42.5 Å². The van der Waals surface area contributed by atoms with E-state index >= 15 is 0 Å². The molecule has 1 atom stereocenters. The number of carbonyl (C=O) groups is 1. The second-order valence-corrected chi connectivity index (χ2v) is 8.78. The standard InChI is InChI=1S/C21H26N2O4S/c1-17-9-11-18(12-10-17)23(28(25,26)20-7-3-2-4-8-20)14-13-21(24)22-16-19-6-5-15-27-19/h2-4,7-12,19H,5-6,13-16H2,1H3,(H,22,24)/t19-/m1/s1. The third kappa shape index (κ3) is 5.11. The molecule has 1 heterocycles. The molecule has 7 heteroatoms. The zero-order valence-electron chi connectivity index (χ0n) is 16.0. The first kappa shape index (κ1) is 20.4. The van der Waals surface area contributed by atoms with E-state index in [1.165, 1.54) is 4.31 Å². The van der Waals surface area contributed by atoms with Crippen LogP contribution < -0.4 is 9.62 Å². The molecular weight excluding hydrogens is 376 g/mol. The van der Waals surface area contributed by atoms with Crippen LogP contribution in [-0.4, -0.2) is 40.1 Å². The largest absolute Gasteiger partial charge is 0.376 e. The van der Waals surface area contributed by atoms with Gasteiger partial charge in [-0.15, -0.1) is 0 Å². The number of carbonyl (C=O) groups excluding carboxylic acids is 1. The van der Waals surface area contributed by atoms with Gasteiger partial charge in [0.05, 0.1) is 16.7 Å². The van der Waals surface area contributed by atoms with Gasteiger partial charge in [0.25, 0.3) is 10.0 Å². The Morgan fingerprint density at radius 2 is 1.86 bits per heavy atom. The molecule has 0 bridgehead atoms. The molecule has 1 amide bonds. The predicted molar refractivity (Wildman–Crippen MR) is 109 cm³/mol. The van der Waals surface area contributed by atoms with Crippen molar-refractivity contribution in [2.45, 2.75) is 37.2 Å². The van der Waals surface area contributed by atoms with Gasteiger partial charge in [0.1, 0.15) is 0 Å². The van der Waals surface area contributed by atoms with Gasteiger partial charge >= 0.3 is 0 Å². The minimum absolute atomic E-state index is 0.0604. The Bertz CT molecular complexity index is 876. The van der Waals surface area contributed by atoms with Crippen molar-refractivity contribution in [2.75, 3.05) is 24.0 Å². The molecule has 150 valence electrons. The zero-order valence-corrected chi connectivity index (χ0v) is 16.8. The number of anilines is 1. The number of hydrogen-bond acceptors (Lipinski definition) is 4. The fraction of sp³-hybridized carbons (Fsp3) is 0.381. The maximum atomic E-state index is 13.2. The fourth-order valence-corrected chi connectivity index (χ4v) is 4.63. The lowest BCUT2D eigenvalue weighted by Crippen LogP contribution is -2.37. The van der Waals surface area contributed by atoms with Gasteiger partial charge in [-0.05, 0) is 44.0 Å². The number of rotatable bonds is 8. The lowest BCUT2D eigenvalue weighted by Gasteiger charge is -2.24. The molecule has 6 nitrogen and oxygen atoms in total. The average Bonchev–Trinajstić information content (AvgIpc) is 3.22. The van der Waals surface area contributed by atoms with Gasteiger partial charge in [-0.2, -0.15) is 0 Å². The van der Waals surface area contributed by atoms with E-state index in [-0.39, 0.29) is 29.9 Å². The minimum atomic E-state index is -3.76. The van der Waals surface area contributed by atoms with Crippen molar-refractivity contribution < 1.29 is 17.9 Å². The highest BCUT2D eigenvalue weighted by Crippen LogP contribution is 2.24. The van der Waals surface area contributed by atoms with Crippen molar-refractivity contribution in [2.24, 2.45) is 0 Å². The number of nitrogens with zero attached hydrogens (tertiary/aromatic N) is 1. The van der Waals surface area contributed by atoms with Crippen LogP contribution in [-0.2, 0) is 19.6 Å². The van der Waals surface area contributed by atoms with Crippen LogP contribution in [0.5, 0.6) is 0 Å². The van der Waals surface area contributed by atoms with Crippen LogP contribution in [0.4, 0.5) is 5.69 Å². The Morgan fingerprint density at radius 1 is 1.14 bits per heavy atom. The van der Waals surface area contributed by atoms with Gasteiger partial charge < -0.3 is 10.1 Å². The van der Waals surface area contributed by atoms with Crippen molar-refractivity contribution in [1.82, 2.24) is 5.32 Å². The monoisotopic (exact) mass is 402 g/mol. The number of nitrogens with one attached hydrogen (secondary N) is 1. The Morgan fingerprint density at radius 3 is 2.50 bits per heavy atom. The number of sulfonamides is 1. The van der Waals surface area contributed by atoms with Crippen molar-refractivity contribution in [1.29, 1.82) is 0 Å². The molecule has 0 aliphatic carbocycles. The second kappa shape index (κ2) is 9.21. The van der Waals surface area contributed by atoms with E-state index in [1.807, 2.05) is 19.1 Å². The summed E-state index contributed by atoms with van der Waals surface area (Å²) >= 11 is 0. The van der Waals surface area contributed by atoms with E-state index in [0.717, 1.165) is 25.0 Å². The van der Waals surface area contributed by atoms with Crippen molar-refractivity contribution in [3.05, 3.63) is 60.2 Å². The Kier molecular flexibility index (Phi) is 6.70. The maximum absolute atomic E-state index is 13.2. The summed E-state index contributed by atoms with van der Waals surface area (Å²) in [5, 5.41) is 2.85. The smallest absolute Gasteiger partial charge is 0.264 e. The number of hydrogen-bond donors (Lipinski definition) is 1.